The van der Waals surface area contributed by atoms with Gasteiger partial charge in [-0.25, -0.2) is 0 Å². The van der Waals surface area contributed by atoms with Crippen LogP contribution in [0.4, 0.5) is 0 Å². The lowest BCUT2D eigenvalue weighted by Crippen LogP contribution is -2.39. The number of Topliss-reactive ketones (excluding diaryl/α,β-unsaturated/α-hetero) is 1. The third-order valence-electron chi connectivity index (χ3n) is 2.43. The Hall–Kier alpha value is -0.370. The van der Waals surface area contributed by atoms with Gasteiger partial charge in [-0.2, -0.15) is 0 Å². The third-order valence-corrected chi connectivity index (χ3v) is 2.43. The Labute approximate surface area is 68.6 Å². The molecule has 1 rings (SSSR count). The standard InChI is InChI=1S/C9H17NO/c1-7(2)10-6-4-5-9(10)8(3)11/h7,9H,4-6H2,1-3H3/t9-/m1/s1. The average molecular weight is 155 g/mol. The summed E-state index contributed by atoms with van der Waals surface area (Å²) in [5.41, 5.74) is 0. The van der Waals surface area contributed by atoms with Crippen molar-refractivity contribution in [2.45, 2.75) is 45.7 Å². The van der Waals surface area contributed by atoms with E-state index in [1.54, 1.807) is 6.92 Å². The smallest absolute Gasteiger partial charge is 0.146 e. The number of rotatable bonds is 2. The zero-order valence-electron chi connectivity index (χ0n) is 7.63. The Balaban J connectivity index is 2.58. The Morgan fingerprint density at radius 2 is 2.18 bits per heavy atom. The van der Waals surface area contributed by atoms with E-state index in [9.17, 15) is 4.79 Å². The minimum absolute atomic E-state index is 0.218. The van der Waals surface area contributed by atoms with Crippen LogP contribution in [0.25, 0.3) is 0 Å². The first-order valence-electron chi connectivity index (χ1n) is 4.39. The lowest BCUT2D eigenvalue weighted by atomic mass is 10.1. The van der Waals surface area contributed by atoms with Crippen molar-refractivity contribution in [2.75, 3.05) is 6.54 Å². The zero-order chi connectivity index (χ0) is 8.43. The number of carbonyl (C=O) groups is 1. The number of likely N-dealkylation sites (tertiary alicyclic amines) is 1. The second kappa shape index (κ2) is 3.35. The van der Waals surface area contributed by atoms with Crippen LogP contribution in [0.1, 0.15) is 33.6 Å². The molecule has 0 aliphatic carbocycles. The molecule has 1 atom stereocenters. The zero-order valence-corrected chi connectivity index (χ0v) is 7.63. The molecule has 0 aromatic carbocycles. The first-order chi connectivity index (χ1) is 5.13. The summed E-state index contributed by atoms with van der Waals surface area (Å²) in [5, 5.41) is 0. The highest BCUT2D eigenvalue weighted by molar-refractivity contribution is 5.81. The van der Waals surface area contributed by atoms with E-state index in [1.165, 1.54) is 6.42 Å². The quantitative estimate of drug-likeness (QED) is 0.601. The second-order valence-electron chi connectivity index (χ2n) is 3.60. The molecule has 0 radical (unpaired) electrons. The molecule has 0 aromatic rings. The van der Waals surface area contributed by atoms with Crippen LogP contribution in [-0.4, -0.2) is 29.3 Å². The molecular weight excluding hydrogens is 138 g/mol. The fraction of sp³-hybridized carbons (Fsp3) is 0.889. The van der Waals surface area contributed by atoms with Crippen molar-refractivity contribution in [3.63, 3.8) is 0 Å². The summed E-state index contributed by atoms with van der Waals surface area (Å²) in [6.45, 7) is 7.11. The maximum Gasteiger partial charge on any atom is 0.146 e. The van der Waals surface area contributed by atoms with E-state index in [4.69, 9.17) is 0 Å². The first-order valence-corrected chi connectivity index (χ1v) is 4.39. The van der Waals surface area contributed by atoms with E-state index in [0.29, 0.717) is 11.8 Å². The van der Waals surface area contributed by atoms with Crippen LogP contribution in [-0.2, 0) is 4.79 Å². The van der Waals surface area contributed by atoms with Crippen molar-refractivity contribution < 1.29 is 4.79 Å². The molecule has 1 aliphatic heterocycles. The molecular formula is C9H17NO. The first kappa shape index (κ1) is 8.72. The minimum atomic E-state index is 0.218. The van der Waals surface area contributed by atoms with Crippen molar-refractivity contribution in [3.05, 3.63) is 0 Å². The van der Waals surface area contributed by atoms with Gasteiger partial charge in [-0.15, -0.1) is 0 Å². The van der Waals surface area contributed by atoms with Crippen LogP contribution in [0.2, 0.25) is 0 Å². The molecule has 0 bridgehead atoms. The molecule has 11 heavy (non-hydrogen) atoms. The summed E-state index contributed by atoms with van der Waals surface area (Å²) in [7, 11) is 0. The van der Waals surface area contributed by atoms with Crippen LogP contribution in [0.15, 0.2) is 0 Å². The van der Waals surface area contributed by atoms with Gasteiger partial charge in [-0.3, -0.25) is 9.69 Å². The summed E-state index contributed by atoms with van der Waals surface area (Å²) >= 11 is 0. The van der Waals surface area contributed by atoms with E-state index in [2.05, 4.69) is 18.7 Å². The van der Waals surface area contributed by atoms with Crippen molar-refractivity contribution >= 4 is 5.78 Å². The van der Waals surface area contributed by atoms with Crippen LogP contribution in [0.3, 0.4) is 0 Å². The highest BCUT2D eigenvalue weighted by Crippen LogP contribution is 2.20. The number of ketones is 1. The van der Waals surface area contributed by atoms with Crippen LogP contribution in [0.5, 0.6) is 0 Å². The van der Waals surface area contributed by atoms with Crippen molar-refractivity contribution in [1.82, 2.24) is 4.90 Å². The van der Waals surface area contributed by atoms with E-state index in [0.717, 1.165) is 13.0 Å². The molecule has 0 spiro atoms. The lowest BCUT2D eigenvalue weighted by Gasteiger charge is -2.26. The minimum Gasteiger partial charge on any atom is -0.298 e. The molecule has 1 fully saturated rings. The maximum absolute atomic E-state index is 11.1. The molecule has 1 saturated heterocycles. The molecule has 2 heteroatoms. The van der Waals surface area contributed by atoms with Gasteiger partial charge in [-0.1, -0.05) is 0 Å². The maximum atomic E-state index is 11.1. The molecule has 0 N–H and O–H groups in total. The van der Waals surface area contributed by atoms with E-state index in [1.807, 2.05) is 0 Å². The molecule has 0 unspecified atom stereocenters. The van der Waals surface area contributed by atoms with Crippen molar-refractivity contribution in [3.8, 4) is 0 Å². The molecule has 0 aromatic heterocycles. The predicted molar refractivity (Wildman–Crippen MR) is 45.5 cm³/mol. The SMILES string of the molecule is CC(=O)[C@H]1CCCN1C(C)C. The molecule has 0 amide bonds. The van der Waals surface area contributed by atoms with E-state index >= 15 is 0 Å². The summed E-state index contributed by atoms with van der Waals surface area (Å²) in [4.78, 5) is 13.4. The fourth-order valence-corrected chi connectivity index (χ4v) is 1.84. The largest absolute Gasteiger partial charge is 0.298 e. The Morgan fingerprint density at radius 3 is 2.55 bits per heavy atom. The summed E-state index contributed by atoms with van der Waals surface area (Å²) < 4.78 is 0. The summed E-state index contributed by atoms with van der Waals surface area (Å²) in [6.07, 6.45) is 2.25. The Bertz CT molecular complexity index is 154. The number of hydrogen-bond acceptors (Lipinski definition) is 2. The van der Waals surface area contributed by atoms with Crippen LogP contribution >= 0.6 is 0 Å². The lowest BCUT2D eigenvalue weighted by molar-refractivity contribution is -0.121. The third kappa shape index (κ3) is 1.80. The molecule has 64 valence electrons. The normalized spacial score (nSPS) is 26.4. The highest BCUT2D eigenvalue weighted by atomic mass is 16.1. The highest BCUT2D eigenvalue weighted by Gasteiger charge is 2.29. The van der Waals surface area contributed by atoms with Gasteiger partial charge in [0.15, 0.2) is 0 Å². The Kier molecular flexibility index (Phi) is 2.66. The number of hydrogen-bond donors (Lipinski definition) is 0. The number of carbonyl (C=O) groups excluding carboxylic acids is 1. The van der Waals surface area contributed by atoms with Gasteiger partial charge in [0.2, 0.25) is 0 Å². The number of nitrogens with zero attached hydrogens (tertiary/aromatic N) is 1. The van der Waals surface area contributed by atoms with E-state index < -0.39 is 0 Å². The summed E-state index contributed by atoms with van der Waals surface area (Å²) in [5.74, 6) is 0.330. The topological polar surface area (TPSA) is 20.3 Å². The van der Waals surface area contributed by atoms with Crippen molar-refractivity contribution in [2.24, 2.45) is 0 Å². The van der Waals surface area contributed by atoms with Crippen LogP contribution < -0.4 is 0 Å². The fourth-order valence-electron chi connectivity index (χ4n) is 1.84. The van der Waals surface area contributed by atoms with Gasteiger partial charge in [0.25, 0.3) is 0 Å². The van der Waals surface area contributed by atoms with Gasteiger partial charge in [0, 0.05) is 6.04 Å². The average Bonchev–Trinajstić information content (AvgIpc) is 2.32. The molecule has 1 aliphatic rings. The van der Waals surface area contributed by atoms with Gasteiger partial charge in [0.05, 0.1) is 6.04 Å². The van der Waals surface area contributed by atoms with Gasteiger partial charge >= 0.3 is 0 Å². The molecule has 2 nitrogen and oxygen atoms in total. The van der Waals surface area contributed by atoms with Gasteiger partial charge in [0.1, 0.15) is 5.78 Å². The van der Waals surface area contributed by atoms with E-state index in [-0.39, 0.29) is 6.04 Å². The van der Waals surface area contributed by atoms with Gasteiger partial charge < -0.3 is 0 Å². The molecule has 1 heterocycles. The molecule has 0 saturated carbocycles. The predicted octanol–water partition coefficient (Wildman–Crippen LogP) is 1.45. The summed E-state index contributed by atoms with van der Waals surface area (Å²) in [6, 6.07) is 0.737. The van der Waals surface area contributed by atoms with Crippen LogP contribution in [0, 0.1) is 0 Å². The second-order valence-corrected chi connectivity index (χ2v) is 3.60. The monoisotopic (exact) mass is 155 g/mol. The van der Waals surface area contributed by atoms with Gasteiger partial charge in [-0.05, 0) is 40.2 Å². The Morgan fingerprint density at radius 1 is 1.55 bits per heavy atom. The van der Waals surface area contributed by atoms with Crippen molar-refractivity contribution in [1.29, 1.82) is 0 Å².